The van der Waals surface area contributed by atoms with Crippen LogP contribution < -0.4 is 5.32 Å². The summed E-state index contributed by atoms with van der Waals surface area (Å²) >= 11 is 0. The average molecular weight is 399 g/mol. The molecule has 8 nitrogen and oxygen atoms in total. The van der Waals surface area contributed by atoms with Crippen LogP contribution in [0.4, 0.5) is 0 Å². The van der Waals surface area contributed by atoms with E-state index in [0.29, 0.717) is 13.0 Å². The average Bonchev–Trinajstić information content (AvgIpc) is 3.32. The number of benzene rings is 1. The van der Waals surface area contributed by atoms with E-state index in [0.717, 1.165) is 44.7 Å². The Hall–Kier alpha value is -2.32. The fourth-order valence-corrected chi connectivity index (χ4v) is 4.68. The topological polar surface area (TPSA) is 85.2 Å². The number of carbonyl (C=O) groups excluding carboxylic acids is 1. The third kappa shape index (κ3) is 4.82. The molecule has 0 spiro atoms. The Labute approximate surface area is 171 Å². The molecule has 8 heteroatoms. The second kappa shape index (κ2) is 9.45. The van der Waals surface area contributed by atoms with Crippen molar-refractivity contribution in [2.24, 2.45) is 0 Å². The maximum absolute atomic E-state index is 13.2. The molecular weight excluding hydrogens is 368 g/mol. The van der Waals surface area contributed by atoms with Gasteiger partial charge in [-0.2, -0.15) is 0 Å². The Morgan fingerprint density at radius 2 is 1.90 bits per heavy atom. The van der Waals surface area contributed by atoms with Crippen molar-refractivity contribution < 1.29 is 9.53 Å². The van der Waals surface area contributed by atoms with Crippen LogP contribution in [-0.2, 0) is 16.0 Å². The molecule has 1 N–H and O–H groups in total. The van der Waals surface area contributed by atoms with Crippen molar-refractivity contribution in [1.29, 1.82) is 0 Å². The van der Waals surface area contributed by atoms with E-state index in [2.05, 4.69) is 25.7 Å². The SMILES string of the molecule is O=C(NCC1(N2CCOCC2)CCCCC1)C(Cc1ccccc1)n1cnnn1. The van der Waals surface area contributed by atoms with Gasteiger partial charge in [0.15, 0.2) is 0 Å². The maximum atomic E-state index is 13.2. The van der Waals surface area contributed by atoms with E-state index in [1.165, 1.54) is 25.6 Å². The summed E-state index contributed by atoms with van der Waals surface area (Å²) in [6, 6.07) is 9.54. The van der Waals surface area contributed by atoms with Crippen molar-refractivity contribution >= 4 is 5.91 Å². The summed E-state index contributed by atoms with van der Waals surface area (Å²) < 4.78 is 7.12. The molecule has 1 amide bonds. The molecule has 1 atom stereocenters. The lowest BCUT2D eigenvalue weighted by Crippen LogP contribution is -2.60. The molecule has 1 unspecified atom stereocenters. The summed E-state index contributed by atoms with van der Waals surface area (Å²) in [4.78, 5) is 15.8. The fourth-order valence-electron chi connectivity index (χ4n) is 4.68. The first kappa shape index (κ1) is 20.0. The molecule has 2 fully saturated rings. The predicted octanol–water partition coefficient (Wildman–Crippen LogP) is 1.61. The van der Waals surface area contributed by atoms with Crippen LogP contribution in [0.25, 0.3) is 0 Å². The van der Waals surface area contributed by atoms with E-state index in [4.69, 9.17) is 4.74 Å². The summed E-state index contributed by atoms with van der Waals surface area (Å²) in [6.07, 6.45) is 8.04. The number of aromatic nitrogens is 4. The number of hydrogen-bond acceptors (Lipinski definition) is 6. The third-order valence-corrected chi connectivity index (χ3v) is 6.32. The molecule has 1 aromatic carbocycles. The molecule has 29 heavy (non-hydrogen) atoms. The highest BCUT2D eigenvalue weighted by molar-refractivity contribution is 5.80. The number of nitrogens with one attached hydrogen (secondary N) is 1. The van der Waals surface area contributed by atoms with Gasteiger partial charge in [0.1, 0.15) is 12.4 Å². The minimum atomic E-state index is -0.460. The summed E-state index contributed by atoms with van der Waals surface area (Å²) in [6.45, 7) is 4.10. The molecule has 1 saturated carbocycles. The Bertz CT molecular complexity index is 755. The zero-order chi connectivity index (χ0) is 19.9. The van der Waals surface area contributed by atoms with E-state index in [1.807, 2.05) is 30.3 Å². The van der Waals surface area contributed by atoms with Gasteiger partial charge in [0.05, 0.1) is 13.2 Å². The number of nitrogens with zero attached hydrogens (tertiary/aromatic N) is 5. The van der Waals surface area contributed by atoms with Crippen LogP contribution in [0.1, 0.15) is 43.7 Å². The monoisotopic (exact) mass is 398 g/mol. The van der Waals surface area contributed by atoms with Gasteiger partial charge in [-0.1, -0.05) is 49.6 Å². The van der Waals surface area contributed by atoms with Crippen molar-refractivity contribution in [1.82, 2.24) is 30.4 Å². The first-order valence-corrected chi connectivity index (χ1v) is 10.6. The molecule has 2 aromatic rings. The maximum Gasteiger partial charge on any atom is 0.245 e. The van der Waals surface area contributed by atoms with Crippen LogP contribution in [0.2, 0.25) is 0 Å². The third-order valence-electron chi connectivity index (χ3n) is 6.32. The molecular formula is C21H30N6O2. The van der Waals surface area contributed by atoms with Gasteiger partial charge in [0.25, 0.3) is 0 Å². The minimum absolute atomic E-state index is 0.0284. The number of tetrazole rings is 1. The van der Waals surface area contributed by atoms with Crippen LogP contribution in [0, 0.1) is 0 Å². The zero-order valence-electron chi connectivity index (χ0n) is 16.9. The lowest BCUT2D eigenvalue weighted by molar-refractivity contribution is -0.126. The highest BCUT2D eigenvalue weighted by Gasteiger charge is 2.39. The number of morpholine rings is 1. The van der Waals surface area contributed by atoms with E-state index >= 15 is 0 Å². The summed E-state index contributed by atoms with van der Waals surface area (Å²) in [7, 11) is 0. The van der Waals surface area contributed by atoms with E-state index in [-0.39, 0.29) is 11.4 Å². The first-order chi connectivity index (χ1) is 14.3. The van der Waals surface area contributed by atoms with Crippen LogP contribution in [0.5, 0.6) is 0 Å². The predicted molar refractivity (Wildman–Crippen MR) is 108 cm³/mol. The van der Waals surface area contributed by atoms with Crippen LogP contribution >= 0.6 is 0 Å². The van der Waals surface area contributed by atoms with Crippen LogP contribution in [0.15, 0.2) is 36.7 Å². The Morgan fingerprint density at radius 3 is 2.59 bits per heavy atom. The van der Waals surface area contributed by atoms with Crippen molar-refractivity contribution in [3.8, 4) is 0 Å². The first-order valence-electron chi connectivity index (χ1n) is 10.6. The summed E-state index contributed by atoms with van der Waals surface area (Å²) in [5, 5.41) is 14.7. The lowest BCUT2D eigenvalue weighted by atomic mass is 9.79. The van der Waals surface area contributed by atoms with Gasteiger partial charge in [-0.25, -0.2) is 4.68 Å². The number of rotatable bonds is 7. The molecule has 1 aromatic heterocycles. The second-order valence-electron chi connectivity index (χ2n) is 8.10. The highest BCUT2D eigenvalue weighted by Crippen LogP contribution is 2.34. The van der Waals surface area contributed by atoms with Crippen molar-refractivity contribution in [3.05, 3.63) is 42.2 Å². The fraction of sp³-hybridized carbons (Fsp3) is 0.619. The lowest BCUT2D eigenvalue weighted by Gasteiger charge is -2.48. The van der Waals surface area contributed by atoms with Crippen molar-refractivity contribution in [2.75, 3.05) is 32.8 Å². The van der Waals surface area contributed by atoms with E-state index in [1.54, 1.807) is 4.68 Å². The second-order valence-corrected chi connectivity index (χ2v) is 8.10. The van der Waals surface area contributed by atoms with Gasteiger partial charge in [-0.05, 0) is 28.8 Å². The Morgan fingerprint density at radius 1 is 1.14 bits per heavy atom. The molecule has 2 heterocycles. The largest absolute Gasteiger partial charge is 0.379 e. The van der Waals surface area contributed by atoms with Crippen LogP contribution in [-0.4, -0.2) is 69.4 Å². The molecule has 4 rings (SSSR count). The van der Waals surface area contributed by atoms with Gasteiger partial charge in [-0.15, -0.1) is 5.10 Å². The molecule has 0 radical (unpaired) electrons. The Kier molecular flexibility index (Phi) is 6.51. The normalized spacial score (nSPS) is 20.8. The van der Waals surface area contributed by atoms with Gasteiger partial charge < -0.3 is 10.1 Å². The molecule has 1 aliphatic heterocycles. The van der Waals surface area contributed by atoms with Gasteiger partial charge in [0, 0.05) is 31.6 Å². The molecule has 1 aliphatic carbocycles. The van der Waals surface area contributed by atoms with Crippen molar-refractivity contribution in [3.63, 3.8) is 0 Å². The van der Waals surface area contributed by atoms with Crippen molar-refractivity contribution in [2.45, 2.75) is 50.1 Å². The molecule has 0 bridgehead atoms. The number of ether oxygens (including phenoxy) is 1. The zero-order valence-corrected chi connectivity index (χ0v) is 16.9. The number of hydrogen-bond donors (Lipinski definition) is 1. The molecule has 156 valence electrons. The van der Waals surface area contributed by atoms with E-state index in [9.17, 15) is 4.79 Å². The van der Waals surface area contributed by atoms with Gasteiger partial charge in [-0.3, -0.25) is 9.69 Å². The van der Waals surface area contributed by atoms with Gasteiger partial charge >= 0.3 is 0 Å². The Balaban J connectivity index is 1.47. The molecule has 2 aliphatic rings. The smallest absolute Gasteiger partial charge is 0.245 e. The number of carbonyl (C=O) groups is 1. The summed E-state index contributed by atoms with van der Waals surface area (Å²) in [5.74, 6) is -0.0284. The quantitative estimate of drug-likeness (QED) is 0.763. The van der Waals surface area contributed by atoms with Crippen LogP contribution in [0.3, 0.4) is 0 Å². The standard InChI is InChI=1S/C21H30N6O2/c28-20(19(27-17-23-24-25-27)15-18-7-3-1-4-8-18)22-16-21(9-5-2-6-10-21)26-11-13-29-14-12-26/h1,3-4,7-8,17,19H,2,5-6,9-16H2,(H,22,28). The van der Waals surface area contributed by atoms with E-state index < -0.39 is 6.04 Å². The highest BCUT2D eigenvalue weighted by atomic mass is 16.5. The number of amides is 1. The summed E-state index contributed by atoms with van der Waals surface area (Å²) in [5.41, 5.74) is 1.12. The molecule has 1 saturated heterocycles. The van der Waals surface area contributed by atoms with Gasteiger partial charge in [0.2, 0.25) is 5.91 Å². The minimum Gasteiger partial charge on any atom is -0.379 e.